The molecular formula is C9H18N2O4. The Balaban J connectivity index is 3.78. The maximum atomic E-state index is 11.3. The SMILES string of the molecule is CC(C)N(C)C(=O)NCC[C@H](O)C(=O)O. The molecule has 0 spiro atoms. The minimum Gasteiger partial charge on any atom is -0.479 e. The van der Waals surface area contributed by atoms with Crippen molar-refractivity contribution in [1.82, 2.24) is 10.2 Å². The minimum absolute atomic E-state index is 0.00695. The fourth-order valence-electron chi connectivity index (χ4n) is 0.799. The summed E-state index contributed by atoms with van der Waals surface area (Å²) in [6, 6.07) is -0.197. The molecule has 6 heteroatoms. The molecule has 0 heterocycles. The number of hydrogen-bond donors (Lipinski definition) is 3. The fourth-order valence-corrected chi connectivity index (χ4v) is 0.799. The van der Waals surface area contributed by atoms with Crippen molar-refractivity contribution in [3.05, 3.63) is 0 Å². The molecule has 0 bridgehead atoms. The number of carboxylic acids is 1. The summed E-state index contributed by atoms with van der Waals surface area (Å²) in [4.78, 5) is 23.1. The van der Waals surface area contributed by atoms with E-state index in [0.717, 1.165) is 0 Å². The average Bonchev–Trinajstić information content (AvgIpc) is 2.15. The Labute approximate surface area is 88.9 Å². The van der Waals surface area contributed by atoms with Crippen LogP contribution in [0.3, 0.4) is 0 Å². The van der Waals surface area contributed by atoms with E-state index in [1.54, 1.807) is 7.05 Å². The Kier molecular flexibility index (Phi) is 5.69. The Morgan fingerprint density at radius 1 is 1.40 bits per heavy atom. The summed E-state index contributed by atoms with van der Waals surface area (Å²) < 4.78 is 0. The highest BCUT2D eigenvalue weighted by molar-refractivity contribution is 5.74. The van der Waals surface area contributed by atoms with Crippen molar-refractivity contribution in [2.75, 3.05) is 13.6 Å². The Bertz CT molecular complexity index is 230. The quantitative estimate of drug-likeness (QED) is 0.599. The standard InChI is InChI=1S/C9H18N2O4/c1-6(2)11(3)9(15)10-5-4-7(12)8(13)14/h6-7,12H,4-5H2,1-3H3,(H,10,15)(H,13,14)/t7-/m0/s1. The predicted octanol–water partition coefficient (Wildman–Crippen LogP) is -0.128. The number of hydrogen-bond acceptors (Lipinski definition) is 3. The van der Waals surface area contributed by atoms with E-state index in [1.807, 2.05) is 13.8 Å². The molecule has 6 nitrogen and oxygen atoms in total. The first kappa shape index (κ1) is 13.7. The van der Waals surface area contributed by atoms with Crippen LogP contribution in [0.15, 0.2) is 0 Å². The number of carboxylic acid groups (broad SMARTS) is 1. The number of aliphatic hydroxyl groups is 1. The van der Waals surface area contributed by atoms with Gasteiger partial charge < -0.3 is 20.4 Å². The summed E-state index contributed by atoms with van der Waals surface area (Å²) >= 11 is 0. The lowest BCUT2D eigenvalue weighted by Gasteiger charge is -2.21. The second kappa shape index (κ2) is 6.23. The third-order valence-electron chi connectivity index (χ3n) is 2.07. The zero-order chi connectivity index (χ0) is 12.0. The van der Waals surface area contributed by atoms with Crippen LogP contribution in [0, 0.1) is 0 Å². The normalized spacial score (nSPS) is 12.3. The Hall–Kier alpha value is -1.30. The number of carbonyl (C=O) groups excluding carboxylic acids is 1. The summed E-state index contributed by atoms with van der Waals surface area (Å²) in [6.45, 7) is 3.88. The summed E-state index contributed by atoms with van der Waals surface area (Å²) in [5, 5.41) is 19.8. The molecule has 0 unspecified atom stereocenters. The van der Waals surface area contributed by atoms with Gasteiger partial charge in [0, 0.05) is 26.1 Å². The van der Waals surface area contributed by atoms with Crippen molar-refractivity contribution in [2.45, 2.75) is 32.4 Å². The molecule has 15 heavy (non-hydrogen) atoms. The second-order valence-electron chi connectivity index (χ2n) is 3.58. The molecule has 0 aromatic heterocycles. The van der Waals surface area contributed by atoms with Gasteiger partial charge in [-0.2, -0.15) is 0 Å². The van der Waals surface area contributed by atoms with Crippen molar-refractivity contribution in [3.63, 3.8) is 0 Å². The molecule has 0 radical (unpaired) electrons. The van der Waals surface area contributed by atoms with Crippen LogP contribution in [-0.4, -0.2) is 52.9 Å². The van der Waals surface area contributed by atoms with Crippen LogP contribution in [-0.2, 0) is 4.79 Å². The number of aliphatic carboxylic acids is 1. The third kappa shape index (κ3) is 5.21. The average molecular weight is 218 g/mol. The Morgan fingerprint density at radius 3 is 2.33 bits per heavy atom. The zero-order valence-corrected chi connectivity index (χ0v) is 9.23. The summed E-state index contributed by atoms with van der Waals surface area (Å²) in [6.07, 6.45) is -1.41. The molecule has 0 fully saturated rings. The van der Waals surface area contributed by atoms with E-state index >= 15 is 0 Å². The lowest BCUT2D eigenvalue weighted by Crippen LogP contribution is -2.42. The van der Waals surface area contributed by atoms with E-state index in [9.17, 15) is 9.59 Å². The van der Waals surface area contributed by atoms with E-state index < -0.39 is 12.1 Å². The molecule has 1 atom stereocenters. The zero-order valence-electron chi connectivity index (χ0n) is 9.23. The minimum atomic E-state index is -1.42. The third-order valence-corrected chi connectivity index (χ3v) is 2.07. The highest BCUT2D eigenvalue weighted by Crippen LogP contribution is 1.95. The van der Waals surface area contributed by atoms with Gasteiger partial charge >= 0.3 is 12.0 Å². The van der Waals surface area contributed by atoms with Crippen LogP contribution in [0.5, 0.6) is 0 Å². The van der Waals surface area contributed by atoms with Gasteiger partial charge in [0.25, 0.3) is 0 Å². The van der Waals surface area contributed by atoms with Gasteiger partial charge in [0.15, 0.2) is 6.10 Å². The van der Waals surface area contributed by atoms with E-state index in [1.165, 1.54) is 4.90 Å². The molecule has 0 aliphatic carbocycles. The van der Waals surface area contributed by atoms with Gasteiger partial charge in [-0.3, -0.25) is 0 Å². The van der Waals surface area contributed by atoms with E-state index in [2.05, 4.69) is 5.32 Å². The van der Waals surface area contributed by atoms with Crippen molar-refractivity contribution in [1.29, 1.82) is 0 Å². The number of aliphatic hydroxyl groups excluding tert-OH is 1. The van der Waals surface area contributed by atoms with Crippen molar-refractivity contribution in [2.24, 2.45) is 0 Å². The number of nitrogens with zero attached hydrogens (tertiary/aromatic N) is 1. The topological polar surface area (TPSA) is 89.9 Å². The molecule has 88 valence electrons. The Morgan fingerprint density at radius 2 is 1.93 bits per heavy atom. The highest BCUT2D eigenvalue weighted by Gasteiger charge is 2.14. The first-order valence-corrected chi connectivity index (χ1v) is 4.77. The molecule has 0 rings (SSSR count). The lowest BCUT2D eigenvalue weighted by molar-refractivity contribution is -0.146. The summed E-state index contributed by atoms with van der Waals surface area (Å²) in [5.74, 6) is -1.28. The number of carbonyl (C=O) groups is 2. The van der Waals surface area contributed by atoms with Crippen LogP contribution >= 0.6 is 0 Å². The lowest BCUT2D eigenvalue weighted by atomic mass is 10.2. The molecule has 0 saturated heterocycles. The van der Waals surface area contributed by atoms with Gasteiger partial charge in [-0.25, -0.2) is 9.59 Å². The van der Waals surface area contributed by atoms with Gasteiger partial charge in [0.1, 0.15) is 0 Å². The molecule has 0 saturated carbocycles. The van der Waals surface area contributed by atoms with Crippen molar-refractivity contribution < 1.29 is 19.8 Å². The monoisotopic (exact) mass is 218 g/mol. The first-order valence-electron chi connectivity index (χ1n) is 4.77. The van der Waals surface area contributed by atoms with Crippen LogP contribution in [0.4, 0.5) is 4.79 Å². The van der Waals surface area contributed by atoms with Crippen LogP contribution in [0.25, 0.3) is 0 Å². The molecule has 2 amide bonds. The van der Waals surface area contributed by atoms with Gasteiger partial charge in [0.05, 0.1) is 0 Å². The van der Waals surface area contributed by atoms with Crippen molar-refractivity contribution in [3.8, 4) is 0 Å². The number of nitrogens with one attached hydrogen (secondary N) is 1. The molecule has 3 N–H and O–H groups in total. The first-order chi connectivity index (χ1) is 6.86. The van der Waals surface area contributed by atoms with E-state index in [0.29, 0.717) is 0 Å². The van der Waals surface area contributed by atoms with Crippen LogP contribution < -0.4 is 5.32 Å². The van der Waals surface area contributed by atoms with E-state index in [-0.39, 0.29) is 25.0 Å². The number of amides is 2. The highest BCUT2D eigenvalue weighted by atomic mass is 16.4. The summed E-state index contributed by atoms with van der Waals surface area (Å²) in [5.41, 5.74) is 0. The maximum absolute atomic E-state index is 11.3. The number of urea groups is 1. The molecule has 0 aliphatic heterocycles. The van der Waals surface area contributed by atoms with E-state index in [4.69, 9.17) is 10.2 Å². The van der Waals surface area contributed by atoms with Gasteiger partial charge in [-0.05, 0) is 13.8 Å². The molecule has 0 aromatic carbocycles. The fraction of sp³-hybridized carbons (Fsp3) is 0.778. The summed E-state index contributed by atoms with van der Waals surface area (Å²) in [7, 11) is 1.65. The predicted molar refractivity (Wildman–Crippen MR) is 54.6 cm³/mol. The molecule has 0 aromatic rings. The van der Waals surface area contributed by atoms with Gasteiger partial charge in [0.2, 0.25) is 0 Å². The van der Waals surface area contributed by atoms with Gasteiger partial charge in [-0.15, -0.1) is 0 Å². The van der Waals surface area contributed by atoms with Crippen molar-refractivity contribution >= 4 is 12.0 Å². The molecular weight excluding hydrogens is 200 g/mol. The largest absolute Gasteiger partial charge is 0.479 e. The smallest absolute Gasteiger partial charge is 0.332 e. The second-order valence-corrected chi connectivity index (χ2v) is 3.58. The van der Waals surface area contributed by atoms with Crippen LogP contribution in [0.1, 0.15) is 20.3 Å². The number of rotatable bonds is 5. The molecule has 0 aliphatic rings. The van der Waals surface area contributed by atoms with Crippen LogP contribution in [0.2, 0.25) is 0 Å². The maximum Gasteiger partial charge on any atom is 0.332 e. The van der Waals surface area contributed by atoms with Gasteiger partial charge in [-0.1, -0.05) is 0 Å².